The largest absolute Gasteiger partial charge is 0.325 e. The minimum atomic E-state index is -3.17. The van der Waals surface area contributed by atoms with Crippen LogP contribution in [0.25, 0.3) is 0 Å². The van der Waals surface area contributed by atoms with Gasteiger partial charge in [-0.1, -0.05) is 0 Å². The van der Waals surface area contributed by atoms with Crippen molar-refractivity contribution >= 4 is 0 Å². The van der Waals surface area contributed by atoms with Crippen molar-refractivity contribution in [3.63, 3.8) is 0 Å². The maximum atomic E-state index is 12.9. The van der Waals surface area contributed by atoms with Crippen molar-refractivity contribution in [2.45, 2.75) is 18.8 Å². The van der Waals surface area contributed by atoms with E-state index in [4.69, 9.17) is 5.73 Å². The van der Waals surface area contributed by atoms with Crippen LogP contribution in [0.4, 0.5) is 17.6 Å². The van der Waals surface area contributed by atoms with E-state index in [0.717, 1.165) is 10.9 Å². The molecular formula is C8H11F4N3. The summed E-state index contributed by atoms with van der Waals surface area (Å²) in [6, 6.07) is 0. The average Bonchev–Trinajstić information content (AvgIpc) is 2.46. The van der Waals surface area contributed by atoms with Crippen LogP contribution in [0, 0.1) is 0 Å². The molecule has 2 N–H and O–H groups in total. The third kappa shape index (κ3) is 2.92. The summed E-state index contributed by atoms with van der Waals surface area (Å²) >= 11 is 0. The van der Waals surface area contributed by atoms with E-state index in [0.29, 0.717) is 0 Å². The van der Waals surface area contributed by atoms with Crippen LogP contribution >= 0.6 is 0 Å². The summed E-state index contributed by atoms with van der Waals surface area (Å²) in [6.07, 6.45) is -2.50. The lowest BCUT2D eigenvalue weighted by molar-refractivity contribution is 0.0105. The summed E-state index contributed by atoms with van der Waals surface area (Å²) < 4.78 is 51.6. The third-order valence-electron chi connectivity index (χ3n) is 1.89. The maximum absolute atomic E-state index is 12.9. The molecular weight excluding hydrogens is 214 g/mol. The Kier molecular flexibility index (Phi) is 3.33. The highest BCUT2D eigenvalue weighted by molar-refractivity contribution is 5.20. The van der Waals surface area contributed by atoms with Gasteiger partial charge in [-0.2, -0.15) is 5.10 Å². The van der Waals surface area contributed by atoms with Crippen molar-refractivity contribution in [1.29, 1.82) is 0 Å². The first-order valence-electron chi connectivity index (χ1n) is 4.24. The number of rotatable bonds is 4. The smallest absolute Gasteiger partial charge is 0.282 e. The normalized spacial score (nSPS) is 12.5. The van der Waals surface area contributed by atoms with E-state index in [1.807, 2.05) is 0 Å². The molecule has 0 saturated carbocycles. The summed E-state index contributed by atoms with van der Waals surface area (Å²) in [5, 5.41) is 3.42. The molecule has 0 aromatic carbocycles. The molecule has 0 amide bonds. The molecule has 15 heavy (non-hydrogen) atoms. The second kappa shape index (κ2) is 4.18. The second-order valence-electron chi connectivity index (χ2n) is 3.25. The van der Waals surface area contributed by atoms with Crippen molar-refractivity contribution < 1.29 is 17.6 Å². The fourth-order valence-electron chi connectivity index (χ4n) is 1.23. The lowest BCUT2D eigenvalue weighted by Gasteiger charge is -2.12. The number of hydrogen-bond donors (Lipinski definition) is 1. The second-order valence-corrected chi connectivity index (χ2v) is 3.25. The Morgan fingerprint density at radius 1 is 1.53 bits per heavy atom. The molecule has 7 heteroatoms. The van der Waals surface area contributed by atoms with Crippen molar-refractivity contribution in [2.75, 3.05) is 6.54 Å². The van der Waals surface area contributed by atoms with Crippen molar-refractivity contribution in [3.05, 3.63) is 17.5 Å². The molecule has 1 heterocycles. The molecule has 3 nitrogen and oxygen atoms in total. The van der Waals surface area contributed by atoms with Gasteiger partial charge in [-0.3, -0.25) is 4.68 Å². The van der Waals surface area contributed by atoms with Crippen LogP contribution in [0.5, 0.6) is 0 Å². The molecule has 0 bridgehead atoms. The number of alkyl halides is 4. The monoisotopic (exact) mass is 225 g/mol. The number of nitrogens with two attached hydrogens (primary N) is 1. The van der Waals surface area contributed by atoms with Gasteiger partial charge >= 0.3 is 0 Å². The van der Waals surface area contributed by atoms with Gasteiger partial charge in [0.05, 0.1) is 6.54 Å². The topological polar surface area (TPSA) is 43.8 Å². The van der Waals surface area contributed by atoms with Gasteiger partial charge in [-0.15, -0.1) is 0 Å². The molecule has 1 rings (SSSR count). The SMILES string of the molecule is Cn1cc(CC(F)(F)CN)c(C(F)F)n1. The van der Waals surface area contributed by atoms with Crippen molar-refractivity contribution in [3.8, 4) is 0 Å². The van der Waals surface area contributed by atoms with Gasteiger partial charge in [-0.25, -0.2) is 17.6 Å². The van der Waals surface area contributed by atoms with Gasteiger partial charge in [0.15, 0.2) is 0 Å². The Morgan fingerprint density at radius 3 is 2.60 bits per heavy atom. The highest BCUT2D eigenvalue weighted by Crippen LogP contribution is 2.26. The van der Waals surface area contributed by atoms with Gasteiger partial charge in [0, 0.05) is 25.2 Å². The summed E-state index contributed by atoms with van der Waals surface area (Å²) in [6.45, 7) is -0.870. The van der Waals surface area contributed by atoms with Gasteiger partial charge in [-0.05, 0) is 0 Å². The Balaban J connectivity index is 2.94. The lowest BCUT2D eigenvalue weighted by Crippen LogP contribution is -2.30. The first-order valence-corrected chi connectivity index (χ1v) is 4.24. The predicted octanol–water partition coefficient (Wildman–Crippen LogP) is 1.49. The number of aromatic nitrogens is 2. The van der Waals surface area contributed by atoms with Crippen LogP contribution in [0.1, 0.15) is 17.7 Å². The van der Waals surface area contributed by atoms with Gasteiger partial charge in [0.25, 0.3) is 12.3 Å². The van der Waals surface area contributed by atoms with Crippen LogP contribution in [-0.4, -0.2) is 22.2 Å². The average molecular weight is 225 g/mol. The quantitative estimate of drug-likeness (QED) is 0.789. The standard InChI is InChI=1S/C8H11F4N3/c1-15-3-5(2-8(11,12)4-13)6(14-15)7(9)10/h3,7H,2,4,13H2,1H3. The molecule has 1 aromatic heterocycles. The van der Waals surface area contributed by atoms with Crippen LogP contribution < -0.4 is 5.73 Å². The molecule has 0 aliphatic heterocycles. The molecule has 0 fully saturated rings. The predicted molar refractivity (Wildman–Crippen MR) is 45.9 cm³/mol. The van der Waals surface area contributed by atoms with Crippen molar-refractivity contribution in [2.24, 2.45) is 12.8 Å². The van der Waals surface area contributed by atoms with E-state index < -0.39 is 31.0 Å². The zero-order chi connectivity index (χ0) is 11.6. The fraction of sp³-hybridized carbons (Fsp3) is 0.625. The van der Waals surface area contributed by atoms with Gasteiger partial charge in [0.2, 0.25) is 0 Å². The zero-order valence-electron chi connectivity index (χ0n) is 8.05. The minimum absolute atomic E-state index is 0.164. The lowest BCUT2D eigenvalue weighted by atomic mass is 10.1. The molecule has 86 valence electrons. The highest BCUT2D eigenvalue weighted by atomic mass is 19.3. The Bertz CT molecular complexity index is 335. The molecule has 0 aliphatic carbocycles. The Morgan fingerprint density at radius 2 is 2.13 bits per heavy atom. The van der Waals surface area contributed by atoms with Crippen LogP contribution in [0.15, 0.2) is 6.20 Å². The van der Waals surface area contributed by atoms with Crippen LogP contribution in [-0.2, 0) is 13.5 Å². The van der Waals surface area contributed by atoms with Crippen LogP contribution in [0.2, 0.25) is 0 Å². The van der Waals surface area contributed by atoms with E-state index in [1.54, 1.807) is 0 Å². The summed E-state index contributed by atoms with van der Waals surface area (Å²) in [7, 11) is 1.40. The highest BCUT2D eigenvalue weighted by Gasteiger charge is 2.31. The zero-order valence-corrected chi connectivity index (χ0v) is 8.05. The molecule has 0 atom stereocenters. The third-order valence-corrected chi connectivity index (χ3v) is 1.89. The van der Waals surface area contributed by atoms with Gasteiger partial charge < -0.3 is 5.73 Å². The van der Waals surface area contributed by atoms with Gasteiger partial charge in [0.1, 0.15) is 5.69 Å². The number of aryl methyl sites for hydroxylation is 1. The number of nitrogens with zero attached hydrogens (tertiary/aromatic N) is 2. The molecule has 0 aliphatic rings. The van der Waals surface area contributed by atoms with E-state index >= 15 is 0 Å². The van der Waals surface area contributed by atoms with Crippen molar-refractivity contribution in [1.82, 2.24) is 9.78 Å². The molecule has 0 saturated heterocycles. The summed E-state index contributed by atoms with van der Waals surface area (Å²) in [5.41, 5.74) is 4.05. The summed E-state index contributed by atoms with van der Waals surface area (Å²) in [5.74, 6) is -3.17. The molecule has 1 aromatic rings. The molecule has 0 radical (unpaired) electrons. The maximum Gasteiger partial charge on any atom is 0.282 e. The summed E-state index contributed by atoms with van der Waals surface area (Å²) in [4.78, 5) is 0. The van der Waals surface area contributed by atoms with E-state index in [-0.39, 0.29) is 5.56 Å². The number of halogens is 4. The first-order chi connectivity index (χ1) is 6.85. The van der Waals surface area contributed by atoms with Crippen LogP contribution in [0.3, 0.4) is 0 Å². The Labute approximate surface area is 83.9 Å². The fourth-order valence-corrected chi connectivity index (χ4v) is 1.23. The molecule has 0 unspecified atom stereocenters. The Hall–Kier alpha value is -1.11. The number of hydrogen-bond acceptors (Lipinski definition) is 2. The minimum Gasteiger partial charge on any atom is -0.325 e. The molecule has 0 spiro atoms. The first kappa shape index (κ1) is 12.0. The van der Waals surface area contributed by atoms with E-state index in [2.05, 4.69) is 5.10 Å². The van der Waals surface area contributed by atoms with E-state index in [1.165, 1.54) is 7.05 Å². The van der Waals surface area contributed by atoms with E-state index in [9.17, 15) is 17.6 Å².